The Labute approximate surface area is 246 Å². The number of carbonyl (C=O) groups is 2. The second-order valence-corrected chi connectivity index (χ2v) is 10.5. The largest absolute Gasteiger partial charge is 0.496 e. The van der Waals surface area contributed by atoms with E-state index in [2.05, 4.69) is 4.99 Å². The number of allylic oxidation sites excluding steroid dienone is 1. The Morgan fingerprint density at radius 2 is 1.79 bits per heavy atom. The Balaban J connectivity index is 1.60. The molecule has 0 saturated carbocycles. The van der Waals surface area contributed by atoms with Crippen LogP contribution in [0.3, 0.4) is 0 Å². The molecule has 0 unspecified atom stereocenters. The van der Waals surface area contributed by atoms with E-state index in [9.17, 15) is 14.4 Å². The number of nitrogens with zero attached hydrogens (tertiary/aromatic N) is 2. The minimum Gasteiger partial charge on any atom is -0.496 e. The van der Waals surface area contributed by atoms with Crippen molar-refractivity contribution in [1.29, 1.82) is 0 Å². The van der Waals surface area contributed by atoms with E-state index in [-0.39, 0.29) is 18.8 Å². The molecule has 1 aliphatic heterocycles. The maximum Gasteiger partial charge on any atom is 0.338 e. The maximum atomic E-state index is 13.9. The van der Waals surface area contributed by atoms with Gasteiger partial charge < -0.3 is 18.6 Å². The highest BCUT2D eigenvalue weighted by atomic mass is 32.1. The SMILES string of the molecule is CCOC(=O)C1=C(C)N=c2s/c(=C/c3ccc(-c4cccc(C(=O)OCC)c4)o3)c(=O)n2[C@H]1c1ccc(C)c(OC)c1. The molecular formula is C32H30N2O7S. The van der Waals surface area contributed by atoms with Crippen molar-refractivity contribution >= 4 is 29.4 Å². The van der Waals surface area contributed by atoms with Gasteiger partial charge in [0.05, 0.1) is 47.7 Å². The normalized spacial score (nSPS) is 14.8. The third kappa shape index (κ3) is 5.45. The molecule has 0 aliphatic carbocycles. The van der Waals surface area contributed by atoms with Crippen molar-refractivity contribution in [1.82, 2.24) is 4.57 Å². The zero-order chi connectivity index (χ0) is 30.0. The molecule has 0 saturated heterocycles. The van der Waals surface area contributed by atoms with Gasteiger partial charge in [-0.1, -0.05) is 35.6 Å². The van der Waals surface area contributed by atoms with Gasteiger partial charge >= 0.3 is 11.9 Å². The summed E-state index contributed by atoms with van der Waals surface area (Å²) in [5, 5.41) is 0. The van der Waals surface area contributed by atoms with Gasteiger partial charge in [0.1, 0.15) is 17.3 Å². The molecule has 42 heavy (non-hydrogen) atoms. The summed E-state index contributed by atoms with van der Waals surface area (Å²) in [6.45, 7) is 7.62. The monoisotopic (exact) mass is 586 g/mol. The molecule has 1 atom stereocenters. The van der Waals surface area contributed by atoms with Crippen LogP contribution >= 0.6 is 11.3 Å². The van der Waals surface area contributed by atoms with Crippen molar-refractivity contribution in [2.45, 2.75) is 33.7 Å². The number of ether oxygens (including phenoxy) is 3. The van der Waals surface area contributed by atoms with Crippen LogP contribution in [0.5, 0.6) is 5.75 Å². The van der Waals surface area contributed by atoms with Crippen molar-refractivity contribution in [3.8, 4) is 17.1 Å². The Bertz CT molecular complexity index is 1890. The fourth-order valence-corrected chi connectivity index (χ4v) is 5.87. The summed E-state index contributed by atoms with van der Waals surface area (Å²) in [5.74, 6) is 0.684. The molecule has 0 radical (unpaired) electrons. The summed E-state index contributed by atoms with van der Waals surface area (Å²) in [6, 6.07) is 15.3. The van der Waals surface area contributed by atoms with E-state index < -0.39 is 18.0 Å². The molecule has 0 fully saturated rings. The van der Waals surface area contributed by atoms with E-state index in [0.29, 0.717) is 54.6 Å². The first-order valence-electron chi connectivity index (χ1n) is 13.5. The van der Waals surface area contributed by atoms with Gasteiger partial charge in [-0.2, -0.15) is 0 Å². The van der Waals surface area contributed by atoms with Crippen molar-refractivity contribution in [3.05, 3.63) is 108 Å². The second-order valence-electron chi connectivity index (χ2n) is 9.53. The van der Waals surface area contributed by atoms with Gasteiger partial charge in [-0.25, -0.2) is 14.6 Å². The number of fused-ring (bicyclic) bond motifs is 1. The number of carbonyl (C=O) groups excluding carboxylic acids is 2. The van der Waals surface area contributed by atoms with Gasteiger partial charge in [-0.05, 0) is 69.2 Å². The van der Waals surface area contributed by atoms with Gasteiger partial charge in [0.25, 0.3) is 5.56 Å². The molecule has 3 heterocycles. The molecule has 0 spiro atoms. The topological polar surface area (TPSA) is 109 Å². The Morgan fingerprint density at radius 3 is 2.52 bits per heavy atom. The van der Waals surface area contributed by atoms with Gasteiger partial charge in [0, 0.05) is 11.6 Å². The third-order valence-corrected chi connectivity index (χ3v) is 7.81. The zero-order valence-electron chi connectivity index (χ0n) is 23.9. The number of rotatable bonds is 8. The fourth-order valence-electron chi connectivity index (χ4n) is 4.84. The molecule has 4 aromatic rings. The van der Waals surface area contributed by atoms with E-state index >= 15 is 0 Å². The van der Waals surface area contributed by atoms with E-state index in [1.54, 1.807) is 64.3 Å². The summed E-state index contributed by atoms with van der Waals surface area (Å²) in [4.78, 5) is 44.3. The minimum absolute atomic E-state index is 0.188. The number of esters is 2. The van der Waals surface area contributed by atoms with Gasteiger partial charge in [0.15, 0.2) is 4.80 Å². The lowest BCUT2D eigenvalue weighted by Gasteiger charge is -2.25. The summed E-state index contributed by atoms with van der Waals surface area (Å²) in [6.07, 6.45) is 1.65. The summed E-state index contributed by atoms with van der Waals surface area (Å²) in [5.41, 5.74) is 3.19. The van der Waals surface area contributed by atoms with E-state index in [4.69, 9.17) is 18.6 Å². The summed E-state index contributed by atoms with van der Waals surface area (Å²) >= 11 is 1.21. The zero-order valence-corrected chi connectivity index (χ0v) is 24.7. The standard InChI is InChI=1S/C32H30N2O7S/c1-6-39-30(36)22-10-8-9-20(15-22)24-14-13-23(41-24)17-26-29(35)34-28(21-12-11-18(3)25(16-21)38-5)27(31(37)40-7-2)19(4)33-32(34)42-26/h8-17,28H,6-7H2,1-5H3/b26-17+/t28-/m0/s1. The Hall–Kier alpha value is -4.70. The Morgan fingerprint density at radius 1 is 1.02 bits per heavy atom. The first-order valence-corrected chi connectivity index (χ1v) is 14.3. The number of thiazole rings is 1. The highest BCUT2D eigenvalue weighted by molar-refractivity contribution is 7.07. The number of methoxy groups -OCH3 is 1. The molecule has 9 nitrogen and oxygen atoms in total. The van der Waals surface area contributed by atoms with Crippen LogP contribution in [0.25, 0.3) is 17.4 Å². The van der Waals surface area contributed by atoms with Gasteiger partial charge in [-0.3, -0.25) is 9.36 Å². The molecule has 0 bridgehead atoms. The van der Waals surface area contributed by atoms with Crippen LogP contribution < -0.4 is 19.6 Å². The lowest BCUT2D eigenvalue weighted by atomic mass is 9.95. The maximum absolute atomic E-state index is 13.9. The third-order valence-electron chi connectivity index (χ3n) is 6.82. The van der Waals surface area contributed by atoms with Gasteiger partial charge in [-0.15, -0.1) is 0 Å². The quantitative estimate of drug-likeness (QED) is 0.279. The molecule has 1 aliphatic rings. The van der Waals surface area contributed by atoms with Crippen molar-refractivity contribution in [2.75, 3.05) is 20.3 Å². The average Bonchev–Trinajstić information content (AvgIpc) is 3.57. The summed E-state index contributed by atoms with van der Waals surface area (Å²) < 4.78 is 24.0. The molecule has 2 aromatic carbocycles. The molecular weight excluding hydrogens is 556 g/mol. The number of aryl methyl sites for hydroxylation is 1. The van der Waals surface area contributed by atoms with Crippen LogP contribution in [0.2, 0.25) is 0 Å². The average molecular weight is 587 g/mol. The van der Waals surface area contributed by atoms with Crippen molar-refractivity contribution in [3.63, 3.8) is 0 Å². The molecule has 0 N–H and O–H groups in total. The molecule has 5 rings (SSSR count). The predicted molar refractivity (Wildman–Crippen MR) is 158 cm³/mol. The molecule has 10 heteroatoms. The highest BCUT2D eigenvalue weighted by Gasteiger charge is 2.33. The van der Waals surface area contributed by atoms with Crippen LogP contribution in [0.4, 0.5) is 0 Å². The first-order chi connectivity index (χ1) is 20.2. The van der Waals surface area contributed by atoms with E-state index in [1.165, 1.54) is 15.9 Å². The second kappa shape index (κ2) is 12.0. The van der Waals surface area contributed by atoms with Crippen LogP contribution in [0.15, 0.2) is 80.1 Å². The predicted octanol–water partition coefficient (Wildman–Crippen LogP) is 4.55. The molecule has 216 valence electrons. The smallest absolute Gasteiger partial charge is 0.338 e. The van der Waals surface area contributed by atoms with Crippen LogP contribution in [-0.4, -0.2) is 36.8 Å². The van der Waals surface area contributed by atoms with Gasteiger partial charge in [0.2, 0.25) is 0 Å². The number of hydrogen-bond donors (Lipinski definition) is 0. The number of furan rings is 1. The summed E-state index contributed by atoms with van der Waals surface area (Å²) in [7, 11) is 1.58. The van der Waals surface area contributed by atoms with E-state index in [0.717, 1.165) is 5.56 Å². The lowest BCUT2D eigenvalue weighted by Crippen LogP contribution is -2.40. The van der Waals surface area contributed by atoms with Crippen LogP contribution in [0.1, 0.15) is 54.1 Å². The van der Waals surface area contributed by atoms with E-state index in [1.807, 2.05) is 31.2 Å². The number of benzene rings is 2. The lowest BCUT2D eigenvalue weighted by molar-refractivity contribution is -0.139. The fraction of sp³-hybridized carbons (Fsp3) is 0.250. The minimum atomic E-state index is -0.755. The van der Waals surface area contributed by atoms with Crippen LogP contribution in [0, 0.1) is 6.92 Å². The number of aromatic nitrogens is 1. The van der Waals surface area contributed by atoms with Crippen LogP contribution in [-0.2, 0) is 14.3 Å². The van der Waals surface area contributed by atoms with Crippen molar-refractivity contribution in [2.24, 2.45) is 4.99 Å². The molecule has 0 amide bonds. The highest BCUT2D eigenvalue weighted by Crippen LogP contribution is 2.33. The molecule has 2 aromatic heterocycles. The Kier molecular flexibility index (Phi) is 8.26. The first kappa shape index (κ1) is 28.8. The van der Waals surface area contributed by atoms with Crippen molar-refractivity contribution < 1.29 is 28.2 Å². The number of hydrogen-bond acceptors (Lipinski definition) is 9.